The van der Waals surface area contributed by atoms with Gasteiger partial charge in [0.05, 0.1) is 18.8 Å². The Morgan fingerprint density at radius 2 is 1.91 bits per heavy atom. The number of benzene rings is 2. The lowest BCUT2D eigenvalue weighted by Crippen LogP contribution is -2.41. The molecular weight excluding hydrogens is 615 g/mol. The van der Waals surface area contributed by atoms with E-state index >= 15 is 0 Å². The van der Waals surface area contributed by atoms with E-state index in [0.717, 1.165) is 17.5 Å². The molecule has 0 fully saturated rings. The molecule has 1 aliphatic carbocycles. The predicted molar refractivity (Wildman–Crippen MR) is 151 cm³/mol. The number of aryl methyl sites for hydroxylation is 2. The van der Waals surface area contributed by atoms with Gasteiger partial charge < -0.3 is 18.9 Å². The topological polar surface area (TPSA) is 125 Å². The van der Waals surface area contributed by atoms with E-state index in [2.05, 4.69) is 9.71 Å². The second-order valence-electron chi connectivity index (χ2n) is 9.47. The molecule has 1 amide bonds. The normalized spacial score (nSPS) is 14.7. The molecule has 4 rings (SSSR count). The number of nitrogens with one attached hydrogen (secondary N) is 2. The second-order valence-corrected chi connectivity index (χ2v) is 11.3. The number of carbonyl (C=O) groups is 1. The van der Waals surface area contributed by atoms with Crippen molar-refractivity contribution in [3.05, 3.63) is 82.0 Å². The summed E-state index contributed by atoms with van der Waals surface area (Å²) in [6.07, 6.45) is -3.32. The molecule has 43 heavy (non-hydrogen) atoms. The van der Waals surface area contributed by atoms with E-state index in [1.54, 1.807) is 12.1 Å². The number of aromatic nitrogens is 1. The summed E-state index contributed by atoms with van der Waals surface area (Å²) in [4.78, 5) is 15.9. The first-order chi connectivity index (χ1) is 20.4. The van der Waals surface area contributed by atoms with Crippen molar-refractivity contribution in [1.29, 1.82) is 0 Å². The van der Waals surface area contributed by atoms with Crippen LogP contribution in [0, 0.1) is 0 Å². The Morgan fingerprint density at radius 3 is 2.65 bits per heavy atom. The fourth-order valence-corrected chi connectivity index (χ4v) is 5.55. The van der Waals surface area contributed by atoms with E-state index in [0.29, 0.717) is 36.6 Å². The van der Waals surface area contributed by atoms with Gasteiger partial charge in [0.15, 0.2) is 0 Å². The van der Waals surface area contributed by atoms with E-state index in [1.807, 2.05) is 29.0 Å². The van der Waals surface area contributed by atoms with Gasteiger partial charge >= 0.3 is 22.5 Å². The zero-order valence-electron chi connectivity index (χ0n) is 22.9. The van der Waals surface area contributed by atoms with Crippen molar-refractivity contribution in [3.63, 3.8) is 0 Å². The van der Waals surface area contributed by atoms with Crippen LogP contribution >= 0.6 is 11.6 Å². The number of ether oxygens (including phenoxy) is 4. The minimum absolute atomic E-state index is 0.140. The van der Waals surface area contributed by atoms with Gasteiger partial charge in [-0.1, -0.05) is 41.9 Å². The Hall–Kier alpha value is -3.59. The molecule has 1 aliphatic rings. The number of rotatable bonds is 13. The Labute approximate surface area is 251 Å². The molecule has 3 aromatic rings. The lowest BCUT2D eigenvalue weighted by molar-refractivity contribution is -0.137. The molecule has 0 spiro atoms. The molecule has 1 unspecified atom stereocenters. The molecular formula is C28H29ClF3N3O7S. The van der Waals surface area contributed by atoms with Crippen molar-refractivity contribution in [1.82, 2.24) is 14.4 Å². The Balaban J connectivity index is 1.35. The standard InChI is InChI=1S/C28H29ClF3N3O7S/c1-39-13-14-40-21-10-8-19(25(16-21)42-26-23(29)15-20(17-33-26)28(30,31)32)6-4-12-41-27(36)35-43(37,38)34-24-11-9-18-5-2-3-7-22(18)24/h2-3,5,7-8,10,15-17,24,34H,4,6,9,11-14H2,1H3,(H,35,36). The SMILES string of the molecule is COCCOc1ccc(CCCOC(=O)NS(=O)(=O)NC2CCc3ccccc32)c(Oc2ncc(C(F)(F)F)cc2Cl)c1. The van der Waals surface area contributed by atoms with E-state index in [9.17, 15) is 26.4 Å². The minimum Gasteiger partial charge on any atom is -0.491 e. The molecule has 10 nitrogen and oxygen atoms in total. The van der Waals surface area contributed by atoms with Crippen LogP contribution in [0.2, 0.25) is 5.02 Å². The number of carbonyl (C=O) groups excluding carboxylic acids is 1. The maximum Gasteiger partial charge on any atom is 0.421 e. The number of methoxy groups -OCH3 is 1. The molecule has 0 radical (unpaired) electrons. The number of nitrogens with zero attached hydrogens (tertiary/aromatic N) is 1. The van der Waals surface area contributed by atoms with E-state index in [-0.39, 0.29) is 42.7 Å². The van der Waals surface area contributed by atoms with Crippen LogP contribution in [-0.4, -0.2) is 46.4 Å². The summed E-state index contributed by atoms with van der Waals surface area (Å²) in [6, 6.07) is 12.6. The van der Waals surface area contributed by atoms with Crippen LogP contribution in [0.1, 0.15) is 41.1 Å². The monoisotopic (exact) mass is 643 g/mol. The van der Waals surface area contributed by atoms with Gasteiger partial charge in [-0.15, -0.1) is 0 Å². The number of fused-ring (bicyclic) bond motifs is 1. The third kappa shape index (κ3) is 9.20. The van der Waals surface area contributed by atoms with Gasteiger partial charge in [-0.3, -0.25) is 0 Å². The van der Waals surface area contributed by atoms with Crippen molar-refractivity contribution < 1.29 is 45.3 Å². The number of hydrogen-bond donors (Lipinski definition) is 2. The van der Waals surface area contributed by atoms with Crippen molar-refractivity contribution in [2.24, 2.45) is 0 Å². The fraction of sp³-hybridized carbons (Fsp3) is 0.357. The molecule has 0 aliphatic heterocycles. The maximum atomic E-state index is 13.0. The summed E-state index contributed by atoms with van der Waals surface area (Å²) in [7, 11) is -2.66. The Kier molecular flexibility index (Phi) is 10.7. The zero-order valence-corrected chi connectivity index (χ0v) is 24.5. The van der Waals surface area contributed by atoms with Gasteiger partial charge in [0.1, 0.15) is 23.1 Å². The fourth-order valence-electron chi connectivity index (χ4n) is 4.39. The van der Waals surface area contributed by atoms with E-state index < -0.39 is 34.1 Å². The summed E-state index contributed by atoms with van der Waals surface area (Å²) < 4.78 is 89.7. The highest BCUT2D eigenvalue weighted by atomic mass is 35.5. The second kappa shape index (κ2) is 14.3. The molecule has 0 saturated carbocycles. The van der Waals surface area contributed by atoms with Crippen molar-refractivity contribution in [3.8, 4) is 17.4 Å². The average molecular weight is 644 g/mol. The number of hydrogen-bond acceptors (Lipinski definition) is 8. The lowest BCUT2D eigenvalue weighted by Gasteiger charge is -2.16. The van der Waals surface area contributed by atoms with Gasteiger partial charge in [-0.2, -0.15) is 26.3 Å². The largest absolute Gasteiger partial charge is 0.491 e. The molecule has 0 bridgehead atoms. The van der Waals surface area contributed by atoms with Crippen LogP contribution in [0.4, 0.5) is 18.0 Å². The van der Waals surface area contributed by atoms with Crippen LogP contribution in [0.3, 0.4) is 0 Å². The number of alkyl halides is 3. The molecule has 2 N–H and O–H groups in total. The highest BCUT2D eigenvalue weighted by Crippen LogP contribution is 2.37. The molecule has 1 aromatic heterocycles. The van der Waals surface area contributed by atoms with E-state index in [4.69, 9.17) is 30.5 Å². The van der Waals surface area contributed by atoms with Crippen LogP contribution < -0.4 is 18.9 Å². The van der Waals surface area contributed by atoms with Crippen molar-refractivity contribution >= 4 is 27.9 Å². The molecule has 0 saturated heterocycles. The minimum atomic E-state index is -4.63. The number of amides is 1. The van der Waals surface area contributed by atoms with Gasteiger partial charge in [-0.25, -0.2) is 14.5 Å². The highest BCUT2D eigenvalue weighted by Gasteiger charge is 2.32. The Bertz CT molecular complexity index is 1540. The quantitative estimate of drug-likeness (QED) is 0.226. The first-order valence-corrected chi connectivity index (χ1v) is 15.0. The maximum absolute atomic E-state index is 13.0. The third-order valence-corrected chi connectivity index (χ3v) is 7.71. The van der Waals surface area contributed by atoms with Gasteiger partial charge in [0, 0.05) is 25.4 Å². The first-order valence-electron chi connectivity index (χ1n) is 13.1. The van der Waals surface area contributed by atoms with Gasteiger partial charge in [-0.05, 0) is 54.5 Å². The molecule has 2 aromatic carbocycles. The van der Waals surface area contributed by atoms with Crippen molar-refractivity contribution in [2.75, 3.05) is 26.9 Å². The lowest BCUT2D eigenvalue weighted by atomic mass is 10.1. The zero-order chi connectivity index (χ0) is 31.0. The van der Waals surface area contributed by atoms with E-state index in [1.165, 1.54) is 13.2 Å². The average Bonchev–Trinajstić information content (AvgIpc) is 3.34. The smallest absolute Gasteiger partial charge is 0.421 e. The summed E-state index contributed by atoms with van der Waals surface area (Å²) in [5.74, 6) is 0.359. The van der Waals surface area contributed by atoms with Crippen LogP contribution in [-0.2, 0) is 38.7 Å². The van der Waals surface area contributed by atoms with Crippen LogP contribution in [0.25, 0.3) is 0 Å². The van der Waals surface area contributed by atoms with Gasteiger partial charge in [0.25, 0.3) is 0 Å². The highest BCUT2D eigenvalue weighted by molar-refractivity contribution is 7.88. The summed E-state index contributed by atoms with van der Waals surface area (Å²) in [5.41, 5.74) is 1.46. The number of halogens is 4. The summed E-state index contributed by atoms with van der Waals surface area (Å²) >= 11 is 6.02. The molecule has 232 valence electrons. The van der Waals surface area contributed by atoms with Gasteiger partial charge in [0.2, 0.25) is 5.88 Å². The first kappa shape index (κ1) is 32.3. The molecule has 1 atom stereocenters. The Morgan fingerprint density at radius 1 is 1.12 bits per heavy atom. The number of pyridine rings is 1. The van der Waals surface area contributed by atoms with Crippen molar-refractivity contribution in [2.45, 2.75) is 37.9 Å². The third-order valence-electron chi connectivity index (χ3n) is 6.41. The molecule has 15 heteroatoms. The molecule has 1 heterocycles. The summed E-state index contributed by atoms with van der Waals surface area (Å²) in [6.45, 7) is 0.420. The van der Waals surface area contributed by atoms with Crippen LogP contribution in [0.15, 0.2) is 54.7 Å². The predicted octanol–water partition coefficient (Wildman–Crippen LogP) is 5.75. The summed E-state index contributed by atoms with van der Waals surface area (Å²) in [5, 5.41) is -0.345. The van der Waals surface area contributed by atoms with Crippen LogP contribution in [0.5, 0.6) is 17.4 Å².